The minimum absolute atomic E-state index is 0.0131. The number of carboxylic acids is 1. The van der Waals surface area contributed by atoms with Gasteiger partial charge in [-0.2, -0.15) is 0 Å². The fourth-order valence-corrected chi connectivity index (χ4v) is 4.15. The first-order valence-corrected chi connectivity index (χ1v) is 10.8. The molecule has 0 saturated carbocycles. The number of nitrogens with zero attached hydrogens (tertiary/aromatic N) is 3. The summed E-state index contributed by atoms with van der Waals surface area (Å²) in [5.41, 5.74) is -0.448. The van der Waals surface area contributed by atoms with E-state index in [-0.39, 0.29) is 55.4 Å². The van der Waals surface area contributed by atoms with Crippen LogP contribution >= 0.6 is 0 Å². The minimum Gasteiger partial charge on any atom is -0.480 e. The van der Waals surface area contributed by atoms with E-state index in [1.165, 1.54) is 18.0 Å². The van der Waals surface area contributed by atoms with Crippen LogP contribution in [-0.2, 0) is 16.8 Å². The number of aliphatic hydroxyl groups is 1. The van der Waals surface area contributed by atoms with Crippen molar-refractivity contribution in [2.24, 2.45) is 0 Å². The molecule has 0 radical (unpaired) electrons. The molecule has 0 aliphatic carbocycles. The van der Waals surface area contributed by atoms with Crippen LogP contribution in [0.3, 0.4) is 0 Å². The van der Waals surface area contributed by atoms with Crippen molar-refractivity contribution in [1.82, 2.24) is 14.9 Å². The number of benzene rings is 2. The Morgan fingerprint density at radius 3 is 2.34 bits per heavy atom. The van der Waals surface area contributed by atoms with Crippen molar-refractivity contribution in [2.45, 2.75) is 24.9 Å². The number of carboxylic acid groups (broad SMARTS) is 1. The van der Waals surface area contributed by atoms with E-state index in [1.807, 2.05) is 0 Å². The van der Waals surface area contributed by atoms with Crippen LogP contribution in [0.15, 0.2) is 46.9 Å². The quantitative estimate of drug-likeness (QED) is 0.370. The Balaban J connectivity index is 1.82. The number of rotatable bonds is 5. The first kappa shape index (κ1) is 24.3. The summed E-state index contributed by atoms with van der Waals surface area (Å²) in [7, 11) is 1.17. The van der Waals surface area contributed by atoms with Crippen LogP contribution in [0.1, 0.15) is 24.3 Å². The molecule has 0 bridgehead atoms. The molecule has 1 fully saturated rings. The number of hydrogen-bond acceptors (Lipinski definition) is 6. The Labute approximate surface area is 198 Å². The summed E-state index contributed by atoms with van der Waals surface area (Å²) < 4.78 is 34.2. The number of piperidine rings is 1. The average molecular weight is 487 g/mol. The van der Waals surface area contributed by atoms with Crippen LogP contribution in [0.4, 0.5) is 13.6 Å². The van der Waals surface area contributed by atoms with E-state index in [1.54, 1.807) is 24.3 Å². The third kappa shape index (κ3) is 4.47. The molecule has 1 aliphatic rings. The lowest BCUT2D eigenvalue weighted by molar-refractivity contribution is -0.147. The predicted octanol–water partition coefficient (Wildman–Crippen LogP) is 3.64. The average Bonchev–Trinajstić information content (AvgIpc) is 3.29. The third-order valence-electron chi connectivity index (χ3n) is 6.20. The standard InChI is InChI=1S/C24H23F2N3O6/c1-28(34)23(33)29-10-8-24(9-11-29,22(31)32)21-27-19(15-4-2-14(13-30)3-5-15)20(35-21)17-7-6-16(25)12-18(17)26/h2-7,12,30,34H,8-11,13H2,1H3,(H,31,32). The normalized spacial score (nSPS) is 15.2. The van der Waals surface area contributed by atoms with Gasteiger partial charge in [-0.1, -0.05) is 24.3 Å². The molecule has 2 heterocycles. The number of aliphatic carboxylic acids is 1. The predicted molar refractivity (Wildman–Crippen MR) is 118 cm³/mol. The number of hydrogen-bond donors (Lipinski definition) is 3. The van der Waals surface area contributed by atoms with E-state index < -0.39 is 29.0 Å². The van der Waals surface area contributed by atoms with Crippen molar-refractivity contribution in [2.75, 3.05) is 20.1 Å². The molecule has 1 aliphatic heterocycles. The summed E-state index contributed by atoms with van der Waals surface area (Å²) in [6.07, 6.45) is -0.118. The van der Waals surface area contributed by atoms with Gasteiger partial charge in [0.25, 0.3) is 0 Å². The van der Waals surface area contributed by atoms with Gasteiger partial charge in [0, 0.05) is 31.8 Å². The fourth-order valence-electron chi connectivity index (χ4n) is 4.15. The number of hydroxylamine groups is 2. The first-order chi connectivity index (χ1) is 16.7. The van der Waals surface area contributed by atoms with Gasteiger partial charge in [0.1, 0.15) is 22.7 Å². The molecular weight excluding hydrogens is 464 g/mol. The molecule has 9 nitrogen and oxygen atoms in total. The summed E-state index contributed by atoms with van der Waals surface area (Å²) in [4.78, 5) is 30.3. The van der Waals surface area contributed by atoms with Gasteiger partial charge in [0.15, 0.2) is 5.76 Å². The lowest BCUT2D eigenvalue weighted by atomic mass is 9.78. The number of carbonyl (C=O) groups is 2. The molecule has 1 saturated heterocycles. The van der Waals surface area contributed by atoms with Gasteiger partial charge in [0.05, 0.1) is 12.2 Å². The van der Waals surface area contributed by atoms with E-state index in [9.17, 15) is 33.8 Å². The maximum Gasteiger partial charge on any atom is 0.343 e. The summed E-state index contributed by atoms with van der Waals surface area (Å²) in [5, 5.41) is 29.3. The largest absolute Gasteiger partial charge is 0.480 e. The maximum atomic E-state index is 14.7. The number of oxazole rings is 1. The Hall–Kier alpha value is -3.83. The SMILES string of the molecule is CN(O)C(=O)N1CCC(C(=O)O)(c2nc(-c3ccc(CO)cc3)c(-c3ccc(F)cc3F)o2)CC1. The van der Waals surface area contributed by atoms with E-state index in [2.05, 4.69) is 4.98 Å². The smallest absolute Gasteiger partial charge is 0.343 e. The third-order valence-corrected chi connectivity index (χ3v) is 6.20. The van der Waals surface area contributed by atoms with Crippen LogP contribution < -0.4 is 0 Å². The Bertz CT molecular complexity index is 1250. The summed E-state index contributed by atoms with van der Waals surface area (Å²) >= 11 is 0. The zero-order valence-electron chi connectivity index (χ0n) is 18.7. The Kier molecular flexibility index (Phi) is 6.55. The Morgan fingerprint density at radius 1 is 1.14 bits per heavy atom. The number of urea groups is 1. The number of aliphatic hydroxyl groups excluding tert-OH is 1. The van der Waals surface area contributed by atoms with Crippen molar-refractivity contribution >= 4 is 12.0 Å². The number of amides is 2. The van der Waals surface area contributed by atoms with E-state index >= 15 is 0 Å². The molecule has 0 spiro atoms. The molecule has 4 rings (SSSR count). The maximum absolute atomic E-state index is 14.7. The van der Waals surface area contributed by atoms with Gasteiger partial charge in [-0.05, 0) is 30.5 Å². The van der Waals surface area contributed by atoms with Gasteiger partial charge in [-0.25, -0.2) is 23.6 Å². The lowest BCUT2D eigenvalue weighted by Gasteiger charge is -2.37. The zero-order chi connectivity index (χ0) is 25.3. The highest BCUT2D eigenvalue weighted by molar-refractivity contribution is 5.83. The molecule has 3 aromatic rings. The second kappa shape index (κ2) is 9.43. The van der Waals surface area contributed by atoms with Gasteiger partial charge in [-0.3, -0.25) is 10.0 Å². The molecule has 11 heteroatoms. The van der Waals surface area contributed by atoms with Crippen LogP contribution in [0.2, 0.25) is 0 Å². The summed E-state index contributed by atoms with van der Waals surface area (Å²) in [5.74, 6) is -3.15. The highest BCUT2D eigenvalue weighted by atomic mass is 19.1. The number of likely N-dealkylation sites (tertiary alicyclic amines) is 1. The molecule has 2 amide bonds. The molecule has 1 aromatic heterocycles. The monoisotopic (exact) mass is 487 g/mol. The van der Waals surface area contributed by atoms with Gasteiger partial charge < -0.3 is 19.5 Å². The van der Waals surface area contributed by atoms with Crippen molar-refractivity contribution < 1.29 is 38.2 Å². The van der Waals surface area contributed by atoms with Crippen molar-refractivity contribution in [3.05, 3.63) is 65.6 Å². The van der Waals surface area contributed by atoms with Gasteiger partial charge in [-0.15, -0.1) is 0 Å². The second-order valence-corrected chi connectivity index (χ2v) is 8.36. The molecule has 35 heavy (non-hydrogen) atoms. The Morgan fingerprint density at radius 2 is 1.80 bits per heavy atom. The highest BCUT2D eigenvalue weighted by Crippen LogP contribution is 2.42. The summed E-state index contributed by atoms with van der Waals surface area (Å²) in [6, 6.07) is 8.80. The van der Waals surface area contributed by atoms with Crippen LogP contribution in [0.25, 0.3) is 22.6 Å². The molecule has 0 atom stereocenters. The fraction of sp³-hybridized carbons (Fsp3) is 0.292. The van der Waals surface area contributed by atoms with E-state index in [4.69, 9.17) is 4.42 Å². The lowest BCUT2D eigenvalue weighted by Crippen LogP contribution is -2.51. The number of halogens is 2. The first-order valence-electron chi connectivity index (χ1n) is 10.8. The molecule has 2 aromatic carbocycles. The van der Waals surface area contributed by atoms with Crippen LogP contribution in [-0.4, -0.2) is 62.5 Å². The highest BCUT2D eigenvalue weighted by Gasteiger charge is 2.49. The molecule has 0 unspecified atom stereocenters. The van der Waals surface area contributed by atoms with E-state index in [0.29, 0.717) is 22.3 Å². The number of aromatic nitrogens is 1. The minimum atomic E-state index is -1.61. The summed E-state index contributed by atoms with van der Waals surface area (Å²) in [6.45, 7) is -0.164. The van der Waals surface area contributed by atoms with Crippen molar-refractivity contribution in [3.63, 3.8) is 0 Å². The number of carbonyl (C=O) groups excluding carboxylic acids is 1. The molecule has 3 N–H and O–H groups in total. The van der Waals surface area contributed by atoms with Crippen LogP contribution in [0, 0.1) is 11.6 Å². The zero-order valence-corrected chi connectivity index (χ0v) is 18.7. The van der Waals surface area contributed by atoms with Crippen molar-refractivity contribution in [3.8, 4) is 22.6 Å². The second-order valence-electron chi connectivity index (χ2n) is 8.36. The van der Waals surface area contributed by atoms with Gasteiger partial charge in [0.2, 0.25) is 5.89 Å². The topological polar surface area (TPSA) is 127 Å². The molecular formula is C24H23F2N3O6. The molecule has 184 valence electrons. The van der Waals surface area contributed by atoms with E-state index in [0.717, 1.165) is 6.07 Å². The van der Waals surface area contributed by atoms with Gasteiger partial charge >= 0.3 is 12.0 Å². The van der Waals surface area contributed by atoms with Crippen LogP contribution in [0.5, 0.6) is 0 Å². The van der Waals surface area contributed by atoms with Crippen molar-refractivity contribution in [1.29, 1.82) is 0 Å².